The van der Waals surface area contributed by atoms with E-state index in [4.69, 9.17) is 9.47 Å². The highest BCUT2D eigenvalue weighted by Gasteiger charge is 2.40. The molecule has 0 radical (unpaired) electrons. The van der Waals surface area contributed by atoms with E-state index in [1.54, 1.807) is 12.1 Å². The summed E-state index contributed by atoms with van der Waals surface area (Å²) in [5.41, 5.74) is -1.56. The summed E-state index contributed by atoms with van der Waals surface area (Å²) in [5, 5.41) is 18.2. The highest BCUT2D eigenvalue weighted by Crippen LogP contribution is 2.38. The van der Waals surface area contributed by atoms with E-state index < -0.39 is 41.3 Å². The topological polar surface area (TPSA) is 159 Å². The van der Waals surface area contributed by atoms with Crippen LogP contribution in [0.5, 0.6) is 11.5 Å². The molecule has 2 aromatic carbocycles. The molecule has 1 fully saturated rings. The lowest BCUT2D eigenvalue weighted by Crippen LogP contribution is -2.52. The molecule has 41 heavy (non-hydrogen) atoms. The number of halogens is 1. The second kappa shape index (κ2) is 10.9. The first-order valence-electron chi connectivity index (χ1n) is 13.0. The van der Waals surface area contributed by atoms with E-state index in [0.29, 0.717) is 34.9 Å². The maximum absolute atomic E-state index is 15.4. The Balaban J connectivity index is 1.32. The molecule has 1 saturated heterocycles. The molecule has 2 aliphatic rings. The molecule has 0 spiro atoms. The van der Waals surface area contributed by atoms with Gasteiger partial charge >= 0.3 is 6.03 Å². The van der Waals surface area contributed by atoms with Gasteiger partial charge in [-0.15, -0.1) is 11.3 Å². The predicted octanol–water partition coefficient (Wildman–Crippen LogP) is 2.98. The number of imide groups is 1. The number of nitrogens with zero attached hydrogens (tertiary/aromatic N) is 2. The summed E-state index contributed by atoms with van der Waals surface area (Å²) in [6.07, 6.45) is 0.209. The van der Waals surface area contributed by atoms with Gasteiger partial charge in [-0.05, 0) is 39.3 Å². The number of thiazole rings is 1. The van der Waals surface area contributed by atoms with Crippen molar-refractivity contribution in [3.63, 3.8) is 0 Å². The van der Waals surface area contributed by atoms with Gasteiger partial charge in [-0.1, -0.05) is 0 Å². The molecule has 5 rings (SSSR count). The second-order valence-electron chi connectivity index (χ2n) is 9.66. The molecule has 3 heterocycles. The smallest absolute Gasteiger partial charge is 0.321 e. The largest absolute Gasteiger partial charge is 0.494 e. The monoisotopic (exact) mass is 585 g/mol. The van der Waals surface area contributed by atoms with Crippen molar-refractivity contribution >= 4 is 51.0 Å². The van der Waals surface area contributed by atoms with Crippen molar-refractivity contribution in [2.45, 2.75) is 51.9 Å². The van der Waals surface area contributed by atoms with Crippen LogP contribution in [0.25, 0.3) is 10.2 Å². The maximum Gasteiger partial charge on any atom is 0.321 e. The van der Waals surface area contributed by atoms with Crippen LogP contribution < -0.4 is 25.4 Å². The standard InChI is InChI=1S/C27H28FN5O7S/c1-4-39-13-10-17-22(19(11-13)40-5-2)41-25(29-17)27(3,38)32-26(37)30-16-7-6-14-15(21(16)28)12-33(24(14)36)18-8-9-20(34)31-23(18)35/h6-7,10-11,18,38H,4-5,8-9,12H2,1-3H3,(H2,30,32,37)(H,31,34,35)/t18?,27-/m0/s1. The fraction of sp³-hybridized carbons (Fsp3) is 0.370. The molecule has 5 amide bonds. The Morgan fingerprint density at radius 1 is 1.24 bits per heavy atom. The highest BCUT2D eigenvalue weighted by atomic mass is 32.1. The molecule has 0 saturated carbocycles. The fourth-order valence-corrected chi connectivity index (χ4v) is 5.84. The zero-order valence-corrected chi connectivity index (χ0v) is 23.3. The number of hydrogen-bond donors (Lipinski definition) is 4. The van der Waals surface area contributed by atoms with Gasteiger partial charge in [0, 0.05) is 29.7 Å². The van der Waals surface area contributed by atoms with Crippen molar-refractivity contribution in [1.82, 2.24) is 20.5 Å². The molecular weight excluding hydrogens is 557 g/mol. The average Bonchev–Trinajstić information content (AvgIpc) is 3.49. The minimum atomic E-state index is -1.94. The molecule has 4 N–H and O–H groups in total. The van der Waals surface area contributed by atoms with Crippen LogP contribution >= 0.6 is 11.3 Å². The van der Waals surface area contributed by atoms with Crippen molar-refractivity contribution < 1.29 is 38.1 Å². The Morgan fingerprint density at radius 2 is 2.00 bits per heavy atom. The third-order valence-electron chi connectivity index (χ3n) is 6.71. The summed E-state index contributed by atoms with van der Waals surface area (Å²) >= 11 is 1.12. The van der Waals surface area contributed by atoms with Gasteiger partial charge in [0.2, 0.25) is 11.8 Å². The normalized spacial score (nSPS) is 18.1. The van der Waals surface area contributed by atoms with E-state index in [1.165, 1.54) is 24.0 Å². The van der Waals surface area contributed by atoms with Crippen molar-refractivity contribution in [2.75, 3.05) is 18.5 Å². The van der Waals surface area contributed by atoms with Crippen LogP contribution in [0.1, 0.15) is 54.5 Å². The van der Waals surface area contributed by atoms with Gasteiger partial charge in [-0.25, -0.2) is 14.2 Å². The first kappa shape index (κ1) is 28.2. The quantitative estimate of drug-likeness (QED) is 0.232. The summed E-state index contributed by atoms with van der Waals surface area (Å²) in [7, 11) is 0. The third-order valence-corrected chi connectivity index (χ3v) is 8.01. The van der Waals surface area contributed by atoms with Gasteiger partial charge in [0.05, 0.1) is 35.7 Å². The van der Waals surface area contributed by atoms with Gasteiger partial charge < -0.3 is 30.1 Å². The Labute approximate surface area is 237 Å². The summed E-state index contributed by atoms with van der Waals surface area (Å²) in [4.78, 5) is 55.2. The number of rotatable bonds is 8. The molecule has 3 aromatic rings. The Morgan fingerprint density at radius 3 is 2.71 bits per heavy atom. The summed E-state index contributed by atoms with van der Waals surface area (Å²) in [6.45, 7) is 5.67. The first-order valence-corrected chi connectivity index (χ1v) is 13.8. The minimum Gasteiger partial charge on any atom is -0.494 e. The zero-order valence-electron chi connectivity index (χ0n) is 22.5. The number of aliphatic hydroxyl groups is 1. The van der Waals surface area contributed by atoms with E-state index in [0.717, 1.165) is 11.3 Å². The molecule has 14 heteroatoms. The summed E-state index contributed by atoms with van der Waals surface area (Å²) in [6, 6.07) is 4.21. The lowest BCUT2D eigenvalue weighted by Gasteiger charge is -2.29. The number of ether oxygens (including phenoxy) is 2. The zero-order chi connectivity index (χ0) is 29.5. The Bertz CT molecular complexity index is 1570. The minimum absolute atomic E-state index is 0.0176. The number of hydrogen-bond acceptors (Lipinski definition) is 9. The average molecular weight is 586 g/mol. The third kappa shape index (κ3) is 5.39. The molecular formula is C27H28FN5O7S. The number of amides is 5. The van der Waals surface area contributed by atoms with Gasteiger partial charge in [0.15, 0.2) is 11.5 Å². The van der Waals surface area contributed by atoms with Gasteiger partial charge in [0.25, 0.3) is 5.91 Å². The van der Waals surface area contributed by atoms with Crippen LogP contribution in [0, 0.1) is 5.82 Å². The van der Waals surface area contributed by atoms with Crippen LogP contribution in [0.15, 0.2) is 24.3 Å². The number of piperidine rings is 1. The van der Waals surface area contributed by atoms with Crippen molar-refractivity contribution in [2.24, 2.45) is 0 Å². The van der Waals surface area contributed by atoms with E-state index in [-0.39, 0.29) is 41.2 Å². The van der Waals surface area contributed by atoms with Crippen LogP contribution in [-0.2, 0) is 21.9 Å². The fourth-order valence-electron chi connectivity index (χ4n) is 4.83. The number of fused-ring (bicyclic) bond motifs is 2. The van der Waals surface area contributed by atoms with Crippen molar-refractivity contribution in [3.05, 3.63) is 46.2 Å². The number of urea groups is 1. The van der Waals surface area contributed by atoms with Crippen LogP contribution in [0.2, 0.25) is 0 Å². The SMILES string of the molecule is CCOc1cc(OCC)c2sc([C@](C)(O)NC(=O)Nc3ccc4c(c3F)CN(C3CCC(=O)NC3=O)C4=O)nc2c1. The highest BCUT2D eigenvalue weighted by molar-refractivity contribution is 7.19. The molecule has 1 aromatic heterocycles. The molecule has 1 unspecified atom stereocenters. The van der Waals surface area contributed by atoms with Gasteiger partial charge in [-0.3, -0.25) is 19.7 Å². The van der Waals surface area contributed by atoms with E-state index in [9.17, 15) is 24.3 Å². The van der Waals surface area contributed by atoms with Crippen molar-refractivity contribution in [1.29, 1.82) is 0 Å². The van der Waals surface area contributed by atoms with Gasteiger partial charge in [-0.2, -0.15) is 0 Å². The number of benzene rings is 2. The summed E-state index contributed by atoms with van der Waals surface area (Å²) < 4.78 is 27.4. The number of aromatic nitrogens is 1. The molecule has 2 atom stereocenters. The van der Waals surface area contributed by atoms with Crippen LogP contribution in [-0.4, -0.2) is 58.0 Å². The molecule has 0 aliphatic carbocycles. The van der Waals surface area contributed by atoms with E-state index >= 15 is 4.39 Å². The molecule has 2 aliphatic heterocycles. The van der Waals surface area contributed by atoms with Crippen molar-refractivity contribution in [3.8, 4) is 11.5 Å². The summed E-state index contributed by atoms with van der Waals surface area (Å²) in [5.74, 6) is -1.34. The number of nitrogens with one attached hydrogen (secondary N) is 3. The van der Waals surface area contributed by atoms with Crippen LogP contribution in [0.3, 0.4) is 0 Å². The lowest BCUT2D eigenvalue weighted by atomic mass is 10.0. The Kier molecular flexibility index (Phi) is 7.53. The maximum atomic E-state index is 15.4. The second-order valence-corrected chi connectivity index (χ2v) is 10.7. The molecule has 0 bridgehead atoms. The van der Waals surface area contributed by atoms with E-state index in [2.05, 4.69) is 20.9 Å². The van der Waals surface area contributed by atoms with Gasteiger partial charge in [0.1, 0.15) is 22.5 Å². The van der Waals surface area contributed by atoms with Crippen LogP contribution in [0.4, 0.5) is 14.9 Å². The number of carbonyl (C=O) groups excluding carboxylic acids is 4. The first-order chi connectivity index (χ1) is 19.5. The Hall–Kier alpha value is -4.30. The molecule has 216 valence electrons. The van der Waals surface area contributed by atoms with E-state index in [1.807, 2.05) is 13.8 Å². The predicted molar refractivity (Wildman–Crippen MR) is 146 cm³/mol. The number of carbonyl (C=O) groups is 4. The molecule has 12 nitrogen and oxygen atoms in total. The number of anilines is 1. The lowest BCUT2D eigenvalue weighted by molar-refractivity contribution is -0.136.